The highest BCUT2D eigenvalue weighted by Gasteiger charge is 2.56. The number of fused-ring (bicyclic) bond motifs is 2. The quantitative estimate of drug-likeness (QED) is 0.292. The molecule has 6 rings (SSSR count). The monoisotopic (exact) mass is 667 g/mol. The standard InChI is InChI=1S/C28H32ClN3O5.C6H5Cl.C2H6/c1-16(2)36-27(35)32-12-9-19(10-13-32)37-23-7-4-17(3)14-20(23)25-28(11-8-24(33)31-25)21-6-5-18(29)15-22(21)30-26(28)34;7-6-4-2-1-3-5-6;1-2/h4-7,14-16,19,25H,8-13H2,1-3H3,(H,30,34)(H,31,33);1-5H;1-2H3/t25-,28-;;/m1../s1. The first-order valence-corrected chi connectivity index (χ1v) is 16.7. The third kappa shape index (κ3) is 7.96. The molecular formula is C36H43Cl2N3O5. The molecule has 3 heterocycles. The van der Waals surface area contributed by atoms with Gasteiger partial charge in [0, 0.05) is 53.6 Å². The number of carbonyl (C=O) groups excluding carboxylic acids is 3. The molecule has 3 aromatic rings. The largest absolute Gasteiger partial charge is 0.490 e. The van der Waals surface area contributed by atoms with Crippen LogP contribution in [0, 0.1) is 6.92 Å². The van der Waals surface area contributed by atoms with Crippen LogP contribution in [0.15, 0.2) is 66.7 Å². The SMILES string of the molecule is CC.Cc1ccc(OC2CCN(C(=O)OC(C)C)CC2)c([C@H]2NC(=O)CC[C@]23C(=O)Nc2cc(Cl)ccc23)c1.Clc1ccccc1. The summed E-state index contributed by atoms with van der Waals surface area (Å²) < 4.78 is 11.8. The van der Waals surface area contributed by atoms with Crippen molar-refractivity contribution in [3.63, 3.8) is 0 Å². The van der Waals surface area contributed by atoms with Gasteiger partial charge in [0.25, 0.3) is 0 Å². The number of amides is 3. The fraction of sp³-hybridized carbons (Fsp3) is 0.417. The van der Waals surface area contributed by atoms with E-state index >= 15 is 0 Å². The summed E-state index contributed by atoms with van der Waals surface area (Å²) in [5, 5.41) is 7.44. The predicted octanol–water partition coefficient (Wildman–Crippen LogP) is 8.24. The summed E-state index contributed by atoms with van der Waals surface area (Å²) in [6.45, 7) is 10.7. The van der Waals surface area contributed by atoms with Crippen LogP contribution < -0.4 is 15.4 Å². The molecule has 0 aliphatic carbocycles. The number of hydrogen-bond donors (Lipinski definition) is 2. The van der Waals surface area contributed by atoms with E-state index in [2.05, 4.69) is 10.6 Å². The van der Waals surface area contributed by atoms with E-state index in [9.17, 15) is 14.4 Å². The topological polar surface area (TPSA) is 97.0 Å². The van der Waals surface area contributed by atoms with Crippen molar-refractivity contribution in [3.8, 4) is 5.75 Å². The van der Waals surface area contributed by atoms with Crippen molar-refractivity contribution in [3.05, 3.63) is 93.5 Å². The van der Waals surface area contributed by atoms with E-state index < -0.39 is 11.5 Å². The molecule has 2 N–H and O–H groups in total. The van der Waals surface area contributed by atoms with Gasteiger partial charge in [0.05, 0.1) is 12.1 Å². The molecule has 3 aliphatic heterocycles. The first-order valence-electron chi connectivity index (χ1n) is 15.9. The lowest BCUT2D eigenvalue weighted by molar-refractivity contribution is -0.130. The van der Waals surface area contributed by atoms with Crippen LogP contribution in [-0.4, -0.2) is 48.1 Å². The minimum atomic E-state index is -0.969. The zero-order valence-electron chi connectivity index (χ0n) is 27.1. The summed E-state index contributed by atoms with van der Waals surface area (Å²) in [6, 6.07) is 20.1. The number of hydrogen-bond acceptors (Lipinski definition) is 5. The lowest BCUT2D eigenvalue weighted by Crippen LogP contribution is -2.52. The summed E-state index contributed by atoms with van der Waals surface area (Å²) in [7, 11) is 0. The van der Waals surface area contributed by atoms with Gasteiger partial charge in [-0.25, -0.2) is 4.79 Å². The number of piperidine rings is 2. The normalized spacial score (nSPS) is 20.4. The van der Waals surface area contributed by atoms with E-state index in [4.69, 9.17) is 32.7 Å². The Bertz CT molecular complexity index is 1530. The van der Waals surface area contributed by atoms with Gasteiger partial charge >= 0.3 is 6.09 Å². The molecule has 1 spiro atoms. The summed E-state index contributed by atoms with van der Waals surface area (Å²) in [4.78, 5) is 40.2. The van der Waals surface area contributed by atoms with Crippen LogP contribution in [0.1, 0.15) is 76.1 Å². The minimum Gasteiger partial charge on any atom is -0.490 e. The number of nitrogens with zero attached hydrogens (tertiary/aromatic N) is 1. The molecule has 0 aromatic heterocycles. The van der Waals surface area contributed by atoms with Gasteiger partial charge in [0.15, 0.2) is 0 Å². The van der Waals surface area contributed by atoms with Gasteiger partial charge in [-0.1, -0.05) is 79.0 Å². The third-order valence-electron chi connectivity index (χ3n) is 8.20. The van der Waals surface area contributed by atoms with Crippen molar-refractivity contribution in [1.82, 2.24) is 10.2 Å². The summed E-state index contributed by atoms with van der Waals surface area (Å²) in [5.41, 5.74) is 2.31. The van der Waals surface area contributed by atoms with Crippen molar-refractivity contribution in [2.24, 2.45) is 0 Å². The Kier molecular flexibility index (Phi) is 12.0. The molecule has 3 amide bonds. The van der Waals surface area contributed by atoms with Crippen molar-refractivity contribution < 1.29 is 23.9 Å². The van der Waals surface area contributed by atoms with Gasteiger partial charge in [-0.05, 0) is 63.1 Å². The molecule has 8 nitrogen and oxygen atoms in total. The van der Waals surface area contributed by atoms with Crippen molar-refractivity contribution in [2.75, 3.05) is 18.4 Å². The predicted molar refractivity (Wildman–Crippen MR) is 183 cm³/mol. The van der Waals surface area contributed by atoms with Crippen LogP contribution in [0.3, 0.4) is 0 Å². The number of halogens is 2. The van der Waals surface area contributed by atoms with E-state index in [0.717, 1.165) is 21.7 Å². The molecule has 3 aliphatic rings. The molecule has 3 aromatic carbocycles. The number of rotatable bonds is 4. The molecule has 0 saturated carbocycles. The van der Waals surface area contributed by atoms with E-state index in [1.54, 1.807) is 17.0 Å². The lowest BCUT2D eigenvalue weighted by Gasteiger charge is -2.41. The Morgan fingerprint density at radius 1 is 0.957 bits per heavy atom. The Hall–Kier alpha value is -3.75. The number of carbonyl (C=O) groups is 3. The fourth-order valence-electron chi connectivity index (χ4n) is 6.08. The van der Waals surface area contributed by atoms with Crippen LogP contribution in [-0.2, 0) is 19.7 Å². The minimum absolute atomic E-state index is 0.102. The van der Waals surface area contributed by atoms with E-state index in [1.807, 2.05) is 89.2 Å². The maximum Gasteiger partial charge on any atom is 0.410 e. The smallest absolute Gasteiger partial charge is 0.410 e. The molecule has 0 radical (unpaired) electrons. The highest BCUT2D eigenvalue weighted by atomic mass is 35.5. The second kappa shape index (κ2) is 15.7. The molecule has 0 unspecified atom stereocenters. The number of benzene rings is 3. The first kappa shape index (κ1) is 35.1. The van der Waals surface area contributed by atoms with Crippen LogP contribution >= 0.6 is 23.2 Å². The Morgan fingerprint density at radius 3 is 2.28 bits per heavy atom. The summed E-state index contributed by atoms with van der Waals surface area (Å²) >= 11 is 11.8. The zero-order valence-corrected chi connectivity index (χ0v) is 28.6. The second-order valence-corrected chi connectivity index (χ2v) is 12.6. The van der Waals surface area contributed by atoms with Gasteiger partial charge in [-0.3, -0.25) is 9.59 Å². The maximum absolute atomic E-state index is 13.6. The van der Waals surface area contributed by atoms with Crippen LogP contribution in [0.2, 0.25) is 10.0 Å². The van der Waals surface area contributed by atoms with Crippen molar-refractivity contribution in [2.45, 2.75) is 84.0 Å². The molecule has 2 atom stereocenters. The summed E-state index contributed by atoms with van der Waals surface area (Å²) in [5.74, 6) is 0.380. The molecular weight excluding hydrogens is 625 g/mol. The molecule has 46 heavy (non-hydrogen) atoms. The average Bonchev–Trinajstić information content (AvgIpc) is 3.31. The van der Waals surface area contributed by atoms with Gasteiger partial charge < -0.3 is 25.0 Å². The fourth-order valence-corrected chi connectivity index (χ4v) is 6.40. The highest BCUT2D eigenvalue weighted by Crippen LogP contribution is 2.53. The van der Waals surface area contributed by atoms with Crippen LogP contribution in [0.25, 0.3) is 0 Å². The van der Waals surface area contributed by atoms with Crippen LogP contribution in [0.5, 0.6) is 5.75 Å². The molecule has 246 valence electrons. The van der Waals surface area contributed by atoms with E-state index in [-0.39, 0.29) is 36.5 Å². The van der Waals surface area contributed by atoms with E-state index in [0.29, 0.717) is 48.8 Å². The molecule has 2 saturated heterocycles. The van der Waals surface area contributed by atoms with Gasteiger partial charge in [-0.2, -0.15) is 0 Å². The van der Waals surface area contributed by atoms with Gasteiger partial charge in [0.1, 0.15) is 17.3 Å². The first-order chi connectivity index (χ1) is 22.1. The Labute approximate surface area is 281 Å². The maximum atomic E-state index is 13.6. The van der Waals surface area contributed by atoms with Crippen molar-refractivity contribution >= 4 is 46.8 Å². The third-order valence-corrected chi connectivity index (χ3v) is 8.69. The molecule has 0 bridgehead atoms. The van der Waals surface area contributed by atoms with E-state index in [1.165, 1.54) is 0 Å². The zero-order chi connectivity index (χ0) is 33.4. The van der Waals surface area contributed by atoms with Crippen molar-refractivity contribution in [1.29, 1.82) is 0 Å². The summed E-state index contributed by atoms with van der Waals surface area (Å²) in [6.07, 6.45) is 1.37. The number of ether oxygens (including phenoxy) is 2. The number of anilines is 1. The number of aryl methyl sites for hydroxylation is 1. The van der Waals surface area contributed by atoms with Gasteiger partial charge in [0.2, 0.25) is 11.8 Å². The Morgan fingerprint density at radius 2 is 1.65 bits per heavy atom. The number of nitrogens with one attached hydrogen (secondary N) is 2. The molecule has 10 heteroatoms. The molecule has 2 fully saturated rings. The van der Waals surface area contributed by atoms with Gasteiger partial charge in [-0.15, -0.1) is 0 Å². The van der Waals surface area contributed by atoms with Crippen LogP contribution in [0.4, 0.5) is 10.5 Å². The number of likely N-dealkylation sites (tertiary alicyclic amines) is 1. The average molecular weight is 669 g/mol. The highest BCUT2D eigenvalue weighted by molar-refractivity contribution is 6.31. The Balaban J connectivity index is 0.000000466. The second-order valence-electron chi connectivity index (χ2n) is 11.7. The lowest BCUT2D eigenvalue weighted by atomic mass is 9.67.